The molecule has 2 rings (SSSR count). The van der Waals surface area contributed by atoms with Crippen LogP contribution in [0.2, 0.25) is 0 Å². The van der Waals surface area contributed by atoms with Gasteiger partial charge in [0.25, 0.3) is 0 Å². The molecule has 6 nitrogen and oxygen atoms in total. The summed E-state index contributed by atoms with van der Waals surface area (Å²) in [6, 6.07) is 5.67. The summed E-state index contributed by atoms with van der Waals surface area (Å²) in [5, 5.41) is -0.519. The van der Waals surface area contributed by atoms with Crippen molar-refractivity contribution in [2.75, 3.05) is 33.1 Å². The molecule has 1 saturated heterocycles. The number of esters is 1. The minimum absolute atomic E-state index is 0.0899. The molecule has 28 heavy (non-hydrogen) atoms. The Hall–Kier alpha value is -2.15. The maximum Gasteiger partial charge on any atom is 0.319 e. The summed E-state index contributed by atoms with van der Waals surface area (Å²) < 4.78 is 15.9. The molecule has 1 fully saturated rings. The van der Waals surface area contributed by atoms with E-state index in [0.29, 0.717) is 30.2 Å². The molecule has 154 valence electrons. The molecule has 1 heterocycles. The lowest BCUT2D eigenvalue weighted by Gasteiger charge is -2.27. The molecule has 0 N–H and O–H groups in total. The lowest BCUT2D eigenvalue weighted by molar-refractivity contribution is -0.152. The lowest BCUT2D eigenvalue weighted by Crippen LogP contribution is -2.38. The predicted octanol–water partition coefficient (Wildman–Crippen LogP) is 3.29. The van der Waals surface area contributed by atoms with E-state index >= 15 is 0 Å². The molecule has 1 aliphatic rings. The molecular formula is C21H29NO5S. The third-order valence-corrected chi connectivity index (χ3v) is 6.38. The number of benzene rings is 1. The third kappa shape index (κ3) is 3.99. The summed E-state index contributed by atoms with van der Waals surface area (Å²) in [5.74, 6) is 1.53. The van der Waals surface area contributed by atoms with E-state index in [1.165, 1.54) is 11.8 Å². The van der Waals surface area contributed by atoms with Crippen LogP contribution in [0, 0.1) is 5.41 Å². The Bertz CT molecular complexity index is 750. The van der Waals surface area contributed by atoms with Crippen molar-refractivity contribution >= 4 is 23.6 Å². The zero-order valence-electron chi connectivity index (χ0n) is 17.2. The van der Waals surface area contributed by atoms with Gasteiger partial charge in [-0.15, -0.1) is 11.8 Å². The number of likely N-dealkylation sites (tertiary alicyclic amines) is 1. The van der Waals surface area contributed by atoms with Crippen molar-refractivity contribution in [2.45, 2.75) is 32.4 Å². The van der Waals surface area contributed by atoms with Crippen molar-refractivity contribution in [2.24, 2.45) is 5.41 Å². The van der Waals surface area contributed by atoms with Crippen molar-refractivity contribution in [1.29, 1.82) is 0 Å². The second-order valence-electron chi connectivity index (χ2n) is 6.63. The highest BCUT2D eigenvalue weighted by Crippen LogP contribution is 2.47. The fourth-order valence-electron chi connectivity index (χ4n) is 3.39. The summed E-state index contributed by atoms with van der Waals surface area (Å²) in [6.07, 6.45) is 0.605. The van der Waals surface area contributed by atoms with Crippen molar-refractivity contribution in [3.8, 4) is 11.5 Å². The topological polar surface area (TPSA) is 65.1 Å². The van der Waals surface area contributed by atoms with E-state index in [1.54, 1.807) is 33.0 Å². The maximum atomic E-state index is 13.1. The van der Waals surface area contributed by atoms with Crippen molar-refractivity contribution in [3.63, 3.8) is 0 Å². The molecule has 0 saturated carbocycles. The molecule has 1 aromatic carbocycles. The highest BCUT2D eigenvalue weighted by molar-refractivity contribution is 8.00. The van der Waals surface area contributed by atoms with Crippen LogP contribution in [-0.2, 0) is 20.7 Å². The van der Waals surface area contributed by atoms with E-state index < -0.39 is 16.6 Å². The van der Waals surface area contributed by atoms with Crippen molar-refractivity contribution in [1.82, 2.24) is 4.90 Å². The van der Waals surface area contributed by atoms with Gasteiger partial charge in [0.05, 0.1) is 20.8 Å². The average molecular weight is 408 g/mol. The summed E-state index contributed by atoms with van der Waals surface area (Å²) in [6.45, 7) is 10.3. The minimum atomic E-state index is -1.05. The molecule has 1 aromatic rings. The first-order valence-corrected chi connectivity index (χ1v) is 10.4. The summed E-state index contributed by atoms with van der Waals surface area (Å²) in [7, 11) is 3.18. The van der Waals surface area contributed by atoms with E-state index in [-0.39, 0.29) is 12.5 Å². The van der Waals surface area contributed by atoms with Crippen LogP contribution in [-0.4, -0.2) is 55.2 Å². The van der Waals surface area contributed by atoms with Crippen molar-refractivity contribution < 1.29 is 23.8 Å². The van der Waals surface area contributed by atoms with E-state index in [4.69, 9.17) is 14.2 Å². The van der Waals surface area contributed by atoms with Gasteiger partial charge in [-0.05, 0) is 43.7 Å². The highest BCUT2D eigenvalue weighted by atomic mass is 32.2. The fourth-order valence-corrected chi connectivity index (χ4v) is 4.55. The normalized spacial score (nSPS) is 21.8. The van der Waals surface area contributed by atoms with Crippen molar-refractivity contribution in [3.05, 3.63) is 36.0 Å². The Labute approximate surface area is 171 Å². The van der Waals surface area contributed by atoms with Crippen LogP contribution in [0.25, 0.3) is 0 Å². The molecule has 7 heteroatoms. The Balaban J connectivity index is 2.23. The number of carbonyl (C=O) groups is 2. The SMILES string of the molecule is C=C1N(CCc2ccc(OC)c(OC)c2)C(=O)[C@H](SCC)[C@]1(C)C(=O)OCC. The van der Waals surface area contributed by atoms with Gasteiger partial charge in [-0.2, -0.15) is 0 Å². The quantitative estimate of drug-likeness (QED) is 0.585. The number of rotatable bonds is 9. The molecule has 1 aliphatic heterocycles. The first kappa shape index (κ1) is 22.1. The van der Waals surface area contributed by atoms with Gasteiger partial charge >= 0.3 is 5.97 Å². The van der Waals surface area contributed by atoms with Gasteiger partial charge in [0.2, 0.25) is 5.91 Å². The minimum Gasteiger partial charge on any atom is -0.493 e. The van der Waals surface area contributed by atoms with E-state index in [1.807, 2.05) is 25.1 Å². The summed E-state index contributed by atoms with van der Waals surface area (Å²) >= 11 is 1.46. The number of hydrogen-bond acceptors (Lipinski definition) is 6. The number of methoxy groups -OCH3 is 2. The molecular weight excluding hydrogens is 378 g/mol. The average Bonchev–Trinajstić information content (AvgIpc) is 2.88. The molecule has 2 atom stereocenters. The summed E-state index contributed by atoms with van der Waals surface area (Å²) in [4.78, 5) is 27.4. The number of ether oxygens (including phenoxy) is 3. The van der Waals surface area contributed by atoms with Crippen LogP contribution in [0.3, 0.4) is 0 Å². The Morgan fingerprint density at radius 2 is 1.93 bits per heavy atom. The molecule has 0 spiro atoms. The second-order valence-corrected chi connectivity index (χ2v) is 8.02. The van der Waals surface area contributed by atoms with Gasteiger partial charge in [0.15, 0.2) is 11.5 Å². The van der Waals surface area contributed by atoms with E-state index in [9.17, 15) is 9.59 Å². The molecule has 0 aromatic heterocycles. The number of amides is 1. The van der Waals surface area contributed by atoms with E-state index in [2.05, 4.69) is 6.58 Å². The predicted molar refractivity (Wildman–Crippen MR) is 111 cm³/mol. The zero-order valence-corrected chi connectivity index (χ0v) is 18.1. The Kier molecular flexibility index (Phi) is 7.41. The first-order valence-electron chi connectivity index (χ1n) is 9.35. The third-order valence-electron chi connectivity index (χ3n) is 5.04. The van der Waals surface area contributed by atoms with Crippen LogP contribution < -0.4 is 9.47 Å². The number of nitrogens with zero attached hydrogens (tertiary/aromatic N) is 1. The molecule has 1 amide bonds. The van der Waals surface area contributed by atoms with Crippen LogP contribution in [0.5, 0.6) is 11.5 Å². The molecule has 0 bridgehead atoms. The molecule has 0 radical (unpaired) electrons. The van der Waals surface area contributed by atoms with Gasteiger partial charge in [-0.1, -0.05) is 19.6 Å². The number of hydrogen-bond donors (Lipinski definition) is 0. The first-order chi connectivity index (χ1) is 13.3. The second kappa shape index (κ2) is 9.37. The van der Waals surface area contributed by atoms with Gasteiger partial charge in [0, 0.05) is 12.2 Å². The Morgan fingerprint density at radius 3 is 2.50 bits per heavy atom. The van der Waals surface area contributed by atoms with Gasteiger partial charge in [-0.25, -0.2) is 0 Å². The maximum absolute atomic E-state index is 13.1. The summed E-state index contributed by atoms with van der Waals surface area (Å²) in [5.41, 5.74) is 0.454. The van der Waals surface area contributed by atoms with Crippen LogP contribution >= 0.6 is 11.8 Å². The highest BCUT2D eigenvalue weighted by Gasteiger charge is 2.57. The van der Waals surface area contributed by atoms with Gasteiger partial charge in [0.1, 0.15) is 10.7 Å². The lowest BCUT2D eigenvalue weighted by atomic mass is 9.86. The fraction of sp³-hybridized carbons (Fsp3) is 0.524. The van der Waals surface area contributed by atoms with E-state index in [0.717, 1.165) is 11.3 Å². The van der Waals surface area contributed by atoms with Crippen LogP contribution in [0.4, 0.5) is 0 Å². The standard InChI is InChI=1S/C21H29NO5S/c1-7-27-20(24)21(4)14(3)22(19(23)18(21)28-8-2)12-11-15-9-10-16(25-5)17(13-15)26-6/h9-10,13,18H,3,7-8,11-12H2,1-2,4-6H3/t18-,21+/m0/s1. The number of carbonyl (C=O) groups excluding carboxylic acids is 2. The van der Waals surface area contributed by atoms with Crippen LogP contribution in [0.1, 0.15) is 26.3 Å². The largest absolute Gasteiger partial charge is 0.493 e. The zero-order chi connectivity index (χ0) is 20.9. The molecule has 0 aliphatic carbocycles. The van der Waals surface area contributed by atoms with Gasteiger partial charge < -0.3 is 19.1 Å². The Morgan fingerprint density at radius 1 is 1.25 bits per heavy atom. The smallest absolute Gasteiger partial charge is 0.319 e. The van der Waals surface area contributed by atoms with Crippen LogP contribution in [0.15, 0.2) is 30.5 Å². The molecule has 0 unspecified atom stereocenters. The van der Waals surface area contributed by atoms with Gasteiger partial charge in [-0.3, -0.25) is 9.59 Å². The monoisotopic (exact) mass is 407 g/mol. The number of thioether (sulfide) groups is 1.